The first kappa shape index (κ1) is 6.67. The zero-order valence-corrected chi connectivity index (χ0v) is 4.71. The predicted molar refractivity (Wildman–Crippen MR) is 27.1 cm³/mol. The van der Waals surface area contributed by atoms with Crippen molar-refractivity contribution in [3.8, 4) is 0 Å². The van der Waals surface area contributed by atoms with E-state index in [0.29, 0.717) is 0 Å². The van der Waals surface area contributed by atoms with Gasteiger partial charge in [-0.2, -0.15) is 0 Å². The van der Waals surface area contributed by atoms with Gasteiger partial charge in [0.15, 0.2) is 0 Å². The van der Waals surface area contributed by atoms with Crippen LogP contribution in [-0.4, -0.2) is 24.4 Å². The van der Waals surface area contributed by atoms with Gasteiger partial charge in [-0.1, -0.05) is 0 Å². The maximum absolute atomic E-state index is 12.2. The summed E-state index contributed by atoms with van der Waals surface area (Å²) >= 11 is 0. The third-order valence-electron chi connectivity index (χ3n) is 0.935. The molecule has 0 amide bonds. The van der Waals surface area contributed by atoms with Gasteiger partial charge in [0.05, 0.1) is 6.61 Å². The van der Waals surface area contributed by atoms with Crippen LogP contribution in [0.4, 0.5) is 4.39 Å². The van der Waals surface area contributed by atoms with Crippen LogP contribution < -0.4 is 0 Å². The van der Waals surface area contributed by atoms with Gasteiger partial charge in [0.25, 0.3) is 0 Å². The van der Waals surface area contributed by atoms with Crippen LogP contribution in [0.1, 0.15) is 0 Å². The van der Waals surface area contributed by atoms with Gasteiger partial charge in [-0.15, -0.1) is 0 Å². The van der Waals surface area contributed by atoms with Gasteiger partial charge >= 0.3 is 0 Å². The Balaban J connectivity index is 2.47. The predicted octanol–water partition coefficient (Wildman–Crippen LogP) is 0.163. The maximum atomic E-state index is 12.2. The Bertz CT molecular complexity index is 123. The van der Waals surface area contributed by atoms with Crippen molar-refractivity contribution in [2.24, 2.45) is 0 Å². The molecule has 0 fully saturated rings. The highest BCUT2D eigenvalue weighted by atomic mass is 19.1. The van der Waals surface area contributed by atoms with E-state index < -0.39 is 11.9 Å². The molecule has 1 rings (SSSR count). The van der Waals surface area contributed by atoms with E-state index in [9.17, 15) is 4.39 Å². The first-order chi connectivity index (χ1) is 4.33. The van der Waals surface area contributed by atoms with Crippen LogP contribution in [0.5, 0.6) is 0 Å². The van der Waals surface area contributed by atoms with E-state index >= 15 is 0 Å². The van der Waals surface area contributed by atoms with Crippen molar-refractivity contribution >= 4 is 0 Å². The molecule has 0 aliphatic carbocycles. The second-order valence-electron chi connectivity index (χ2n) is 1.69. The molecule has 0 bridgehead atoms. The Kier molecular flexibility index (Phi) is 2.16. The van der Waals surface area contributed by atoms with Crippen molar-refractivity contribution in [2.45, 2.75) is 6.10 Å². The fourth-order valence-electron chi connectivity index (χ4n) is 0.538. The lowest BCUT2D eigenvalue weighted by Crippen LogP contribution is -2.20. The first-order valence-electron chi connectivity index (χ1n) is 2.58. The number of aliphatic hydroxyl groups is 1. The fraction of sp³-hybridized carbons (Fsp3) is 0.600. The number of aliphatic hydroxyl groups excluding tert-OH is 1. The van der Waals surface area contributed by atoms with Gasteiger partial charge in [0.1, 0.15) is 18.5 Å². The van der Waals surface area contributed by atoms with E-state index in [4.69, 9.17) is 5.11 Å². The molecule has 0 aromatic rings. The fourth-order valence-corrected chi connectivity index (χ4v) is 0.538. The van der Waals surface area contributed by atoms with Crippen molar-refractivity contribution < 1.29 is 19.3 Å². The highest BCUT2D eigenvalue weighted by Gasteiger charge is 2.13. The van der Waals surface area contributed by atoms with Crippen molar-refractivity contribution in [3.63, 3.8) is 0 Å². The molecule has 1 aliphatic heterocycles. The lowest BCUT2D eigenvalue weighted by atomic mass is 10.3. The minimum atomic E-state index is -0.640. The van der Waals surface area contributed by atoms with Gasteiger partial charge in [0, 0.05) is 0 Å². The molecule has 0 aromatic heterocycles. The van der Waals surface area contributed by atoms with Gasteiger partial charge in [-0.25, -0.2) is 14.2 Å². The average Bonchev–Trinajstić information content (AvgIpc) is 1.88. The molecule has 9 heavy (non-hydrogen) atoms. The third kappa shape index (κ3) is 1.74. The Morgan fingerprint density at radius 1 is 1.89 bits per heavy atom. The van der Waals surface area contributed by atoms with Crippen molar-refractivity contribution in [1.82, 2.24) is 0 Å². The summed E-state index contributed by atoms with van der Waals surface area (Å²) in [7, 11) is 0. The largest absolute Gasteiger partial charge is 0.393 e. The summed E-state index contributed by atoms with van der Waals surface area (Å²) in [6.07, 6.45) is 0.544. The first-order valence-corrected chi connectivity index (χ1v) is 2.58. The summed E-state index contributed by atoms with van der Waals surface area (Å²) in [6, 6.07) is 0. The molecule has 0 saturated heterocycles. The van der Waals surface area contributed by atoms with Crippen LogP contribution in [0, 0.1) is 0 Å². The van der Waals surface area contributed by atoms with E-state index in [-0.39, 0.29) is 13.2 Å². The van der Waals surface area contributed by atoms with Gasteiger partial charge < -0.3 is 5.11 Å². The lowest BCUT2D eigenvalue weighted by Gasteiger charge is -2.14. The summed E-state index contributed by atoms with van der Waals surface area (Å²) in [6.45, 7) is -0.413. The topological polar surface area (TPSA) is 38.7 Å². The molecule has 1 aliphatic rings. The lowest BCUT2D eigenvalue weighted by molar-refractivity contribution is -0.322. The van der Waals surface area contributed by atoms with E-state index in [0.717, 1.165) is 0 Å². The number of hydrogen-bond acceptors (Lipinski definition) is 3. The summed E-state index contributed by atoms with van der Waals surface area (Å²) in [5.41, 5.74) is 0. The monoisotopic (exact) mass is 134 g/mol. The van der Waals surface area contributed by atoms with Gasteiger partial charge in [-0.05, 0) is 6.08 Å². The molecule has 3 nitrogen and oxygen atoms in total. The second kappa shape index (κ2) is 2.91. The average molecular weight is 134 g/mol. The molecule has 52 valence electrons. The highest BCUT2D eigenvalue weighted by molar-refractivity contribution is 4.98. The Labute approximate surface area is 51.6 Å². The van der Waals surface area contributed by atoms with Crippen LogP contribution in [0.2, 0.25) is 0 Å². The van der Waals surface area contributed by atoms with Crippen molar-refractivity contribution in [2.75, 3.05) is 13.2 Å². The zero-order chi connectivity index (χ0) is 6.69. The summed E-state index contributed by atoms with van der Waals surface area (Å²) < 4.78 is 12.2. The van der Waals surface area contributed by atoms with Gasteiger partial charge in [0.2, 0.25) is 0 Å². The molecule has 0 aromatic carbocycles. The summed E-state index contributed by atoms with van der Waals surface area (Å²) in [5.74, 6) is -0.402. The highest BCUT2D eigenvalue weighted by Crippen LogP contribution is 2.09. The van der Waals surface area contributed by atoms with E-state index in [1.165, 1.54) is 6.08 Å². The molecule has 1 N–H and O–H groups in total. The Morgan fingerprint density at radius 3 is 3.11 bits per heavy atom. The smallest absolute Gasteiger partial charge is 0.137 e. The number of rotatable bonds is 1. The molecule has 0 unspecified atom stereocenters. The third-order valence-corrected chi connectivity index (χ3v) is 0.935. The molecule has 0 spiro atoms. The Hall–Kier alpha value is -0.450. The second-order valence-corrected chi connectivity index (χ2v) is 1.69. The van der Waals surface area contributed by atoms with Crippen LogP contribution in [0.15, 0.2) is 11.9 Å². The minimum absolute atomic E-state index is 0.156. The van der Waals surface area contributed by atoms with Crippen LogP contribution >= 0.6 is 0 Å². The maximum Gasteiger partial charge on any atom is 0.137 e. The van der Waals surface area contributed by atoms with E-state index in [1.54, 1.807) is 0 Å². The number of hydrogen-bond donors (Lipinski definition) is 1. The summed E-state index contributed by atoms with van der Waals surface area (Å²) in [5, 5.41) is 8.39. The van der Waals surface area contributed by atoms with Crippen molar-refractivity contribution in [3.05, 3.63) is 11.9 Å². The molecule has 0 radical (unpaired) electrons. The van der Waals surface area contributed by atoms with E-state index in [1.807, 2.05) is 0 Å². The molecule has 1 atom stereocenters. The normalized spacial score (nSPS) is 27.8. The van der Waals surface area contributed by atoms with Crippen LogP contribution in [-0.2, 0) is 9.78 Å². The molecular formula is C5H7FO3. The molecular weight excluding hydrogens is 127 g/mol. The quantitative estimate of drug-likeness (QED) is 0.519. The van der Waals surface area contributed by atoms with Gasteiger partial charge in [-0.3, -0.25) is 0 Å². The van der Waals surface area contributed by atoms with Crippen molar-refractivity contribution in [1.29, 1.82) is 0 Å². The molecule has 4 heteroatoms. The molecule has 1 heterocycles. The van der Waals surface area contributed by atoms with Crippen LogP contribution in [0.3, 0.4) is 0 Å². The zero-order valence-electron chi connectivity index (χ0n) is 4.71. The summed E-state index contributed by atoms with van der Waals surface area (Å²) in [4.78, 5) is 8.71. The standard InChI is InChI=1S/C5H7FO3/c6-4-1-5(2-7)9-8-3-4/h1,5,7H,2-3H2/t5-/m1/s1. The number of halogens is 1. The van der Waals surface area contributed by atoms with Crippen LogP contribution in [0.25, 0.3) is 0 Å². The van der Waals surface area contributed by atoms with E-state index in [2.05, 4.69) is 9.78 Å². The molecule has 0 saturated carbocycles. The Morgan fingerprint density at radius 2 is 2.67 bits per heavy atom. The minimum Gasteiger partial charge on any atom is -0.393 e. The SMILES string of the molecule is OC[C@H]1C=C(F)COO1.